The second-order valence-corrected chi connectivity index (χ2v) is 8.65. The molecule has 0 aliphatic heterocycles. The molecule has 3 aromatic heterocycles. The van der Waals surface area contributed by atoms with Crippen molar-refractivity contribution in [2.75, 3.05) is 11.4 Å². The van der Waals surface area contributed by atoms with E-state index in [1.807, 2.05) is 38.2 Å². The molecule has 1 amide bonds. The molecule has 5 rings (SSSR count). The van der Waals surface area contributed by atoms with Crippen LogP contribution in [0.15, 0.2) is 70.1 Å². The van der Waals surface area contributed by atoms with E-state index in [0.717, 1.165) is 21.3 Å². The van der Waals surface area contributed by atoms with Gasteiger partial charge in [0.15, 0.2) is 5.13 Å². The first-order chi connectivity index (χ1) is 15.5. The van der Waals surface area contributed by atoms with E-state index in [0.29, 0.717) is 29.2 Å². The van der Waals surface area contributed by atoms with Crippen LogP contribution in [0.25, 0.3) is 21.2 Å². The number of anilines is 1. The number of fused-ring (bicyclic) bond motifs is 2. The van der Waals surface area contributed by atoms with E-state index in [9.17, 15) is 9.59 Å². The molecule has 0 atom stereocenters. The standard InChI is InChI=1S/C24H20N4O3S/c1-15-12-16(2)21-20(13-15)32-24(26-21)28(11-10-27-9-5-8-25-27)22(29)18-14-17-6-3-4-7-19(17)31-23(18)30/h3-9,12-14H,10-11H2,1-2H3. The minimum atomic E-state index is -0.661. The van der Waals surface area contributed by atoms with Gasteiger partial charge in [-0.2, -0.15) is 5.10 Å². The lowest BCUT2D eigenvalue weighted by Crippen LogP contribution is -2.36. The summed E-state index contributed by atoms with van der Waals surface area (Å²) in [7, 11) is 0. The third kappa shape index (κ3) is 3.69. The highest BCUT2D eigenvalue weighted by Gasteiger charge is 2.25. The summed E-state index contributed by atoms with van der Waals surface area (Å²) in [5, 5.41) is 5.46. The van der Waals surface area contributed by atoms with Crippen LogP contribution in [-0.2, 0) is 6.54 Å². The molecular weight excluding hydrogens is 424 g/mol. The molecular formula is C24H20N4O3S. The smallest absolute Gasteiger partial charge is 0.349 e. The van der Waals surface area contributed by atoms with Gasteiger partial charge in [-0.15, -0.1) is 0 Å². The summed E-state index contributed by atoms with van der Waals surface area (Å²) in [5.41, 5.74) is 2.81. The van der Waals surface area contributed by atoms with E-state index >= 15 is 0 Å². The number of hydrogen-bond donors (Lipinski definition) is 0. The molecule has 0 saturated carbocycles. The fourth-order valence-electron chi connectivity index (χ4n) is 3.75. The zero-order valence-corrected chi connectivity index (χ0v) is 18.4. The number of rotatable bonds is 5. The number of hydrogen-bond acceptors (Lipinski definition) is 6. The van der Waals surface area contributed by atoms with Crippen molar-refractivity contribution < 1.29 is 9.21 Å². The van der Waals surface area contributed by atoms with Crippen molar-refractivity contribution in [2.24, 2.45) is 0 Å². The summed E-state index contributed by atoms with van der Waals surface area (Å²) in [5.74, 6) is -0.440. The molecule has 0 fully saturated rings. The van der Waals surface area contributed by atoms with Crippen LogP contribution >= 0.6 is 11.3 Å². The quantitative estimate of drug-likeness (QED) is 0.371. The Bertz CT molecular complexity index is 1500. The summed E-state index contributed by atoms with van der Waals surface area (Å²) >= 11 is 1.44. The van der Waals surface area contributed by atoms with Gasteiger partial charge in [-0.3, -0.25) is 14.4 Å². The molecule has 0 N–H and O–H groups in total. The minimum absolute atomic E-state index is 0.0173. The number of nitrogens with zero attached hydrogens (tertiary/aromatic N) is 4. The predicted molar refractivity (Wildman–Crippen MR) is 125 cm³/mol. The Hall–Kier alpha value is -3.78. The van der Waals surface area contributed by atoms with Crippen molar-refractivity contribution in [3.05, 3.63) is 88.0 Å². The highest BCUT2D eigenvalue weighted by atomic mass is 32.1. The summed E-state index contributed by atoms with van der Waals surface area (Å²) < 4.78 is 8.15. The lowest BCUT2D eigenvalue weighted by molar-refractivity contribution is 0.0982. The van der Waals surface area contributed by atoms with E-state index in [4.69, 9.17) is 9.40 Å². The van der Waals surface area contributed by atoms with Crippen LogP contribution in [0.1, 0.15) is 21.5 Å². The zero-order chi connectivity index (χ0) is 22.2. The van der Waals surface area contributed by atoms with Crippen LogP contribution in [0.3, 0.4) is 0 Å². The van der Waals surface area contributed by atoms with Crippen LogP contribution in [-0.4, -0.2) is 27.2 Å². The Morgan fingerprint density at radius 2 is 2.00 bits per heavy atom. The molecule has 2 aromatic carbocycles. The van der Waals surface area contributed by atoms with E-state index < -0.39 is 11.5 Å². The maximum Gasteiger partial charge on any atom is 0.349 e. The Morgan fingerprint density at radius 1 is 1.16 bits per heavy atom. The fraction of sp³-hybridized carbons (Fsp3) is 0.167. The number of amides is 1. The van der Waals surface area contributed by atoms with Crippen molar-refractivity contribution in [1.29, 1.82) is 0 Å². The van der Waals surface area contributed by atoms with Gasteiger partial charge in [-0.25, -0.2) is 9.78 Å². The van der Waals surface area contributed by atoms with Gasteiger partial charge in [0, 0.05) is 24.3 Å². The number of para-hydroxylation sites is 1. The van der Waals surface area contributed by atoms with Crippen molar-refractivity contribution in [1.82, 2.24) is 14.8 Å². The number of aromatic nitrogens is 3. The molecule has 32 heavy (non-hydrogen) atoms. The van der Waals surface area contributed by atoms with Gasteiger partial charge in [0.25, 0.3) is 5.91 Å². The van der Waals surface area contributed by atoms with Gasteiger partial charge in [0.2, 0.25) is 0 Å². The van der Waals surface area contributed by atoms with Gasteiger partial charge in [0.05, 0.1) is 16.8 Å². The fourth-order valence-corrected chi connectivity index (χ4v) is 4.92. The molecule has 0 spiro atoms. The van der Waals surface area contributed by atoms with Crippen molar-refractivity contribution >= 4 is 43.6 Å². The van der Waals surface area contributed by atoms with Gasteiger partial charge in [0.1, 0.15) is 11.1 Å². The van der Waals surface area contributed by atoms with Gasteiger partial charge in [-0.05, 0) is 49.2 Å². The Balaban J connectivity index is 1.59. The molecule has 5 aromatic rings. The van der Waals surface area contributed by atoms with Gasteiger partial charge >= 0.3 is 5.63 Å². The molecule has 160 valence electrons. The van der Waals surface area contributed by atoms with Crippen LogP contribution in [0, 0.1) is 13.8 Å². The first-order valence-electron chi connectivity index (χ1n) is 10.2. The Kier molecular flexibility index (Phi) is 5.07. The summed E-state index contributed by atoms with van der Waals surface area (Å²) in [4.78, 5) is 32.6. The van der Waals surface area contributed by atoms with Gasteiger partial charge in [-0.1, -0.05) is 35.6 Å². The third-order valence-corrected chi connectivity index (χ3v) is 6.30. The Labute approximate surface area is 187 Å². The zero-order valence-electron chi connectivity index (χ0n) is 17.6. The van der Waals surface area contributed by atoms with Crippen LogP contribution in [0.2, 0.25) is 0 Å². The highest BCUT2D eigenvalue weighted by Crippen LogP contribution is 2.32. The third-order valence-electron chi connectivity index (χ3n) is 5.28. The average molecular weight is 445 g/mol. The second-order valence-electron chi connectivity index (χ2n) is 7.64. The molecule has 0 bridgehead atoms. The topological polar surface area (TPSA) is 81.2 Å². The van der Waals surface area contributed by atoms with Crippen LogP contribution < -0.4 is 10.5 Å². The Morgan fingerprint density at radius 3 is 2.81 bits per heavy atom. The molecule has 3 heterocycles. The molecule has 7 nitrogen and oxygen atoms in total. The highest BCUT2D eigenvalue weighted by molar-refractivity contribution is 7.22. The van der Waals surface area contributed by atoms with E-state index in [1.165, 1.54) is 11.3 Å². The van der Waals surface area contributed by atoms with Crippen molar-refractivity contribution in [2.45, 2.75) is 20.4 Å². The predicted octanol–water partition coefficient (Wildman–Crippen LogP) is 4.56. The van der Waals surface area contributed by atoms with Crippen molar-refractivity contribution in [3.8, 4) is 0 Å². The lowest BCUT2D eigenvalue weighted by Gasteiger charge is -2.19. The van der Waals surface area contributed by atoms with Crippen molar-refractivity contribution in [3.63, 3.8) is 0 Å². The number of benzene rings is 2. The van der Waals surface area contributed by atoms with E-state index in [-0.39, 0.29) is 5.56 Å². The molecule has 8 heteroatoms. The SMILES string of the molecule is Cc1cc(C)c2nc(N(CCn3cccn3)C(=O)c3cc4ccccc4oc3=O)sc2c1. The van der Waals surface area contributed by atoms with Crippen LogP contribution in [0.4, 0.5) is 5.13 Å². The first kappa shape index (κ1) is 20.1. The summed E-state index contributed by atoms with van der Waals surface area (Å²) in [6, 6.07) is 14.7. The summed E-state index contributed by atoms with van der Waals surface area (Å²) in [6.45, 7) is 4.82. The maximum atomic E-state index is 13.6. The largest absolute Gasteiger partial charge is 0.422 e. The average Bonchev–Trinajstić information content (AvgIpc) is 3.43. The second kappa shape index (κ2) is 8.05. The van der Waals surface area contributed by atoms with E-state index in [1.54, 1.807) is 34.0 Å². The summed E-state index contributed by atoms with van der Waals surface area (Å²) in [6.07, 6.45) is 3.52. The first-order valence-corrected chi connectivity index (χ1v) is 11.0. The molecule has 0 radical (unpaired) electrons. The normalized spacial score (nSPS) is 11.3. The maximum absolute atomic E-state index is 13.6. The molecule has 0 saturated heterocycles. The van der Waals surface area contributed by atoms with Crippen LogP contribution in [0.5, 0.6) is 0 Å². The molecule has 0 aliphatic rings. The lowest BCUT2D eigenvalue weighted by atomic mass is 10.1. The van der Waals surface area contributed by atoms with E-state index in [2.05, 4.69) is 17.2 Å². The minimum Gasteiger partial charge on any atom is -0.422 e. The molecule has 0 aliphatic carbocycles. The number of aryl methyl sites for hydroxylation is 2. The number of carbonyl (C=O) groups is 1. The number of thiazole rings is 1. The molecule has 0 unspecified atom stereocenters. The monoisotopic (exact) mass is 444 g/mol. The van der Waals surface area contributed by atoms with Gasteiger partial charge < -0.3 is 4.42 Å². The number of carbonyl (C=O) groups excluding carboxylic acids is 1.